The molecule has 0 radical (unpaired) electrons. The summed E-state index contributed by atoms with van der Waals surface area (Å²) in [5.41, 5.74) is -0.904. The first-order valence-electron chi connectivity index (χ1n) is 5.61. The van der Waals surface area contributed by atoms with Crippen LogP contribution in [0.25, 0.3) is 11.5 Å². The van der Waals surface area contributed by atoms with Crippen molar-refractivity contribution in [3.05, 3.63) is 34.1 Å². The summed E-state index contributed by atoms with van der Waals surface area (Å²) in [5.74, 6) is 0.233. The Morgan fingerprint density at radius 2 is 2.00 bits per heavy atom. The molecule has 0 amide bonds. The van der Waals surface area contributed by atoms with E-state index in [1.165, 1.54) is 12.1 Å². The highest BCUT2D eigenvalue weighted by molar-refractivity contribution is 9.10. The smallest absolute Gasteiger partial charge is 0.417 e. The fourth-order valence-electron chi connectivity index (χ4n) is 1.61. The molecule has 0 saturated heterocycles. The van der Waals surface area contributed by atoms with Gasteiger partial charge in [-0.2, -0.15) is 13.2 Å². The van der Waals surface area contributed by atoms with E-state index in [4.69, 9.17) is 4.42 Å². The molecule has 0 atom stereocenters. The molecule has 0 aliphatic rings. The van der Waals surface area contributed by atoms with Gasteiger partial charge in [0.1, 0.15) is 0 Å². The van der Waals surface area contributed by atoms with Crippen LogP contribution in [-0.4, -0.2) is 10.2 Å². The summed E-state index contributed by atoms with van der Waals surface area (Å²) in [5, 5.41) is 7.41. The summed E-state index contributed by atoms with van der Waals surface area (Å²) in [4.78, 5) is 0. The van der Waals surface area contributed by atoms with Crippen LogP contribution in [0.4, 0.5) is 13.2 Å². The second kappa shape index (κ2) is 5.32. The molecule has 0 bridgehead atoms. The van der Waals surface area contributed by atoms with E-state index < -0.39 is 11.7 Å². The van der Waals surface area contributed by atoms with Crippen molar-refractivity contribution in [1.82, 2.24) is 10.2 Å². The molecular weight excluding hydrogens is 325 g/mol. The lowest BCUT2D eigenvalue weighted by Gasteiger charge is -2.10. The molecule has 0 saturated carbocycles. The largest absolute Gasteiger partial charge is 0.421 e. The first kappa shape index (κ1) is 14.0. The van der Waals surface area contributed by atoms with Gasteiger partial charge in [0.2, 0.25) is 11.8 Å². The van der Waals surface area contributed by atoms with Crippen LogP contribution in [0, 0.1) is 0 Å². The molecule has 1 aromatic heterocycles. The van der Waals surface area contributed by atoms with Crippen LogP contribution in [0.15, 0.2) is 27.1 Å². The van der Waals surface area contributed by atoms with Gasteiger partial charge in [-0.3, -0.25) is 0 Å². The van der Waals surface area contributed by atoms with E-state index in [0.29, 0.717) is 16.8 Å². The molecule has 0 spiro atoms. The standard InChI is InChI=1S/C12H10BrF3N2O/c1-2-3-10-17-18-11(19-10)8-5-4-7(13)6-9(8)12(14,15)16/h4-6H,2-3H2,1H3. The Labute approximate surface area is 116 Å². The van der Waals surface area contributed by atoms with Gasteiger partial charge < -0.3 is 4.42 Å². The Hall–Kier alpha value is -1.37. The van der Waals surface area contributed by atoms with Crippen molar-refractivity contribution >= 4 is 15.9 Å². The molecule has 1 heterocycles. The molecule has 102 valence electrons. The predicted molar refractivity (Wildman–Crippen MR) is 66.4 cm³/mol. The highest BCUT2D eigenvalue weighted by atomic mass is 79.9. The minimum Gasteiger partial charge on any atom is -0.421 e. The molecule has 7 heteroatoms. The maximum atomic E-state index is 13.0. The lowest BCUT2D eigenvalue weighted by molar-refractivity contribution is -0.137. The third-order valence-electron chi connectivity index (χ3n) is 2.45. The summed E-state index contributed by atoms with van der Waals surface area (Å²) in [6, 6.07) is 3.82. The molecule has 0 aliphatic heterocycles. The van der Waals surface area contributed by atoms with Gasteiger partial charge in [-0.05, 0) is 24.6 Å². The van der Waals surface area contributed by atoms with Crippen LogP contribution in [0.5, 0.6) is 0 Å². The zero-order valence-corrected chi connectivity index (χ0v) is 11.5. The molecule has 2 aromatic rings. The molecular formula is C12H10BrF3N2O. The van der Waals surface area contributed by atoms with E-state index in [-0.39, 0.29) is 11.5 Å². The van der Waals surface area contributed by atoms with Gasteiger partial charge in [-0.15, -0.1) is 10.2 Å². The first-order valence-corrected chi connectivity index (χ1v) is 6.40. The van der Waals surface area contributed by atoms with E-state index in [2.05, 4.69) is 26.1 Å². The number of hydrogen-bond donors (Lipinski definition) is 0. The molecule has 0 N–H and O–H groups in total. The number of halogens is 4. The van der Waals surface area contributed by atoms with Gasteiger partial charge in [-0.25, -0.2) is 0 Å². The van der Waals surface area contributed by atoms with Crippen molar-refractivity contribution in [3.63, 3.8) is 0 Å². The Bertz CT molecular complexity index is 581. The summed E-state index contributed by atoms with van der Waals surface area (Å²) >= 11 is 3.02. The van der Waals surface area contributed by atoms with Crippen molar-refractivity contribution in [2.75, 3.05) is 0 Å². The maximum absolute atomic E-state index is 13.0. The van der Waals surface area contributed by atoms with Gasteiger partial charge in [-0.1, -0.05) is 22.9 Å². The zero-order chi connectivity index (χ0) is 14.0. The third-order valence-corrected chi connectivity index (χ3v) is 2.94. The lowest BCUT2D eigenvalue weighted by atomic mass is 10.1. The molecule has 1 aromatic carbocycles. The van der Waals surface area contributed by atoms with E-state index in [1.54, 1.807) is 0 Å². The minimum atomic E-state index is -4.47. The monoisotopic (exact) mass is 334 g/mol. The van der Waals surface area contributed by atoms with E-state index in [0.717, 1.165) is 12.5 Å². The second-order valence-corrected chi connectivity index (χ2v) is 4.85. The molecule has 2 rings (SSSR count). The number of rotatable bonds is 3. The van der Waals surface area contributed by atoms with Gasteiger partial charge in [0, 0.05) is 10.9 Å². The Balaban J connectivity index is 2.48. The van der Waals surface area contributed by atoms with Crippen LogP contribution in [0.3, 0.4) is 0 Å². The van der Waals surface area contributed by atoms with Crippen molar-refractivity contribution in [3.8, 4) is 11.5 Å². The Morgan fingerprint density at radius 1 is 1.26 bits per heavy atom. The Morgan fingerprint density at radius 3 is 2.63 bits per heavy atom. The zero-order valence-electron chi connectivity index (χ0n) is 9.96. The van der Waals surface area contributed by atoms with Gasteiger partial charge >= 0.3 is 6.18 Å². The molecule has 0 unspecified atom stereocenters. The number of hydrogen-bond acceptors (Lipinski definition) is 3. The number of aromatic nitrogens is 2. The highest BCUT2D eigenvalue weighted by Crippen LogP contribution is 2.38. The fourth-order valence-corrected chi connectivity index (χ4v) is 1.98. The van der Waals surface area contributed by atoms with E-state index in [9.17, 15) is 13.2 Å². The van der Waals surface area contributed by atoms with Crippen molar-refractivity contribution in [2.45, 2.75) is 25.9 Å². The normalized spacial score (nSPS) is 11.8. The van der Waals surface area contributed by atoms with Crippen molar-refractivity contribution in [2.24, 2.45) is 0 Å². The van der Waals surface area contributed by atoms with Crippen molar-refractivity contribution < 1.29 is 17.6 Å². The van der Waals surface area contributed by atoms with Gasteiger partial charge in [0.15, 0.2) is 0 Å². The van der Waals surface area contributed by atoms with Crippen molar-refractivity contribution in [1.29, 1.82) is 0 Å². The highest BCUT2D eigenvalue weighted by Gasteiger charge is 2.35. The maximum Gasteiger partial charge on any atom is 0.417 e. The number of benzene rings is 1. The summed E-state index contributed by atoms with van der Waals surface area (Å²) in [6.07, 6.45) is -3.14. The number of alkyl halides is 3. The number of aryl methyl sites for hydroxylation is 1. The SMILES string of the molecule is CCCc1nnc(-c2ccc(Br)cc2C(F)(F)F)o1. The van der Waals surface area contributed by atoms with Crippen LogP contribution >= 0.6 is 15.9 Å². The summed E-state index contributed by atoms with van der Waals surface area (Å²) in [6.45, 7) is 1.92. The lowest BCUT2D eigenvalue weighted by Crippen LogP contribution is -2.07. The van der Waals surface area contributed by atoms with Gasteiger partial charge in [0.25, 0.3) is 0 Å². The predicted octanol–water partition coefficient (Wildman–Crippen LogP) is 4.47. The molecule has 0 aliphatic carbocycles. The first-order chi connectivity index (χ1) is 8.91. The Kier molecular flexibility index (Phi) is 3.93. The summed E-state index contributed by atoms with van der Waals surface area (Å²) < 4.78 is 44.5. The topological polar surface area (TPSA) is 38.9 Å². The second-order valence-electron chi connectivity index (χ2n) is 3.94. The fraction of sp³-hybridized carbons (Fsp3) is 0.333. The average molecular weight is 335 g/mol. The van der Waals surface area contributed by atoms with Crippen LogP contribution < -0.4 is 0 Å². The van der Waals surface area contributed by atoms with E-state index >= 15 is 0 Å². The third kappa shape index (κ3) is 3.15. The van der Waals surface area contributed by atoms with Crippen LogP contribution in [0.1, 0.15) is 24.8 Å². The quantitative estimate of drug-likeness (QED) is 0.831. The minimum absolute atomic E-state index is 0.106. The van der Waals surface area contributed by atoms with Gasteiger partial charge in [0.05, 0.1) is 11.1 Å². The van der Waals surface area contributed by atoms with Crippen LogP contribution in [0.2, 0.25) is 0 Å². The molecule has 3 nitrogen and oxygen atoms in total. The number of nitrogens with zero attached hydrogens (tertiary/aromatic N) is 2. The van der Waals surface area contributed by atoms with E-state index in [1.807, 2.05) is 6.92 Å². The molecule has 0 fully saturated rings. The average Bonchev–Trinajstić information content (AvgIpc) is 2.77. The molecule has 19 heavy (non-hydrogen) atoms. The summed E-state index contributed by atoms with van der Waals surface area (Å²) in [7, 11) is 0. The van der Waals surface area contributed by atoms with Crippen LogP contribution in [-0.2, 0) is 12.6 Å².